The molecule has 114 valence electrons. The summed E-state index contributed by atoms with van der Waals surface area (Å²) in [6, 6.07) is 8.90. The lowest BCUT2D eigenvalue weighted by Gasteiger charge is -2.21. The Bertz CT molecular complexity index is 351. The van der Waals surface area contributed by atoms with Gasteiger partial charge in [-0.3, -0.25) is 0 Å². The van der Waals surface area contributed by atoms with Crippen molar-refractivity contribution in [3.63, 3.8) is 0 Å². The normalized spacial score (nSPS) is 14.0. The first-order chi connectivity index (χ1) is 9.69. The molecule has 0 aliphatic rings. The fraction of sp³-hybridized carbons (Fsp3) is 0.647. The molecule has 0 radical (unpaired) electrons. The Labute approximate surface area is 123 Å². The minimum atomic E-state index is 0.229. The summed E-state index contributed by atoms with van der Waals surface area (Å²) >= 11 is 0. The van der Waals surface area contributed by atoms with E-state index in [9.17, 15) is 5.11 Å². The van der Waals surface area contributed by atoms with Crippen molar-refractivity contribution in [1.29, 1.82) is 0 Å². The highest BCUT2D eigenvalue weighted by Gasteiger charge is 2.10. The molecule has 0 bridgehead atoms. The number of aryl methyl sites for hydroxylation is 1. The van der Waals surface area contributed by atoms with Crippen molar-refractivity contribution in [3.8, 4) is 5.75 Å². The first-order valence-corrected chi connectivity index (χ1v) is 7.69. The highest BCUT2D eigenvalue weighted by molar-refractivity contribution is 5.27. The van der Waals surface area contributed by atoms with E-state index in [2.05, 4.69) is 31.3 Å². The second-order valence-electron chi connectivity index (χ2n) is 5.48. The van der Waals surface area contributed by atoms with Gasteiger partial charge in [0, 0.05) is 12.1 Å². The average molecular weight is 279 g/mol. The summed E-state index contributed by atoms with van der Waals surface area (Å²) in [5.74, 6) is 0.903. The molecule has 0 saturated carbocycles. The Balaban J connectivity index is 2.31. The third-order valence-corrected chi connectivity index (χ3v) is 3.67. The van der Waals surface area contributed by atoms with Gasteiger partial charge in [-0.2, -0.15) is 0 Å². The van der Waals surface area contributed by atoms with Crippen LogP contribution < -0.4 is 10.1 Å². The summed E-state index contributed by atoms with van der Waals surface area (Å²) in [6.07, 6.45) is 5.53. The number of aliphatic hydroxyl groups is 1. The van der Waals surface area contributed by atoms with E-state index < -0.39 is 0 Å². The van der Waals surface area contributed by atoms with Gasteiger partial charge in [-0.05, 0) is 43.9 Å². The molecule has 1 aromatic carbocycles. The summed E-state index contributed by atoms with van der Waals surface area (Å²) in [6.45, 7) is 4.60. The minimum absolute atomic E-state index is 0.229. The lowest BCUT2D eigenvalue weighted by Crippen LogP contribution is -2.39. The topological polar surface area (TPSA) is 41.5 Å². The summed E-state index contributed by atoms with van der Waals surface area (Å²) in [7, 11) is 1.69. The quantitative estimate of drug-likeness (QED) is 0.691. The van der Waals surface area contributed by atoms with Crippen LogP contribution in [0.3, 0.4) is 0 Å². The van der Waals surface area contributed by atoms with E-state index in [0.717, 1.165) is 25.0 Å². The lowest BCUT2D eigenvalue weighted by molar-refractivity contribution is 0.222. The van der Waals surface area contributed by atoms with Crippen molar-refractivity contribution >= 4 is 0 Å². The first kappa shape index (κ1) is 17.0. The molecular weight excluding hydrogens is 250 g/mol. The van der Waals surface area contributed by atoms with Gasteiger partial charge in [-0.25, -0.2) is 0 Å². The van der Waals surface area contributed by atoms with Gasteiger partial charge in [-0.15, -0.1) is 0 Å². The van der Waals surface area contributed by atoms with E-state index in [-0.39, 0.29) is 12.6 Å². The second kappa shape index (κ2) is 9.78. The fourth-order valence-corrected chi connectivity index (χ4v) is 2.34. The van der Waals surface area contributed by atoms with Crippen LogP contribution in [0.15, 0.2) is 24.3 Å². The van der Waals surface area contributed by atoms with Gasteiger partial charge < -0.3 is 15.2 Å². The van der Waals surface area contributed by atoms with Crippen molar-refractivity contribution in [3.05, 3.63) is 29.8 Å². The summed E-state index contributed by atoms with van der Waals surface area (Å²) in [5.41, 5.74) is 1.33. The zero-order chi connectivity index (χ0) is 14.8. The van der Waals surface area contributed by atoms with Crippen LogP contribution >= 0.6 is 0 Å². The molecule has 0 amide bonds. The number of unbranched alkanes of at least 4 members (excludes halogenated alkanes) is 1. The molecule has 0 saturated heterocycles. The maximum atomic E-state index is 9.37. The molecule has 3 heteroatoms. The molecule has 0 fully saturated rings. The Kier molecular flexibility index (Phi) is 8.31. The molecule has 2 N–H and O–H groups in total. The van der Waals surface area contributed by atoms with Crippen LogP contribution in [0.25, 0.3) is 0 Å². The van der Waals surface area contributed by atoms with E-state index in [1.807, 2.05) is 12.1 Å². The summed E-state index contributed by atoms with van der Waals surface area (Å²) in [4.78, 5) is 0. The Morgan fingerprint density at radius 3 is 2.45 bits per heavy atom. The molecule has 0 heterocycles. The number of ether oxygens (including phenoxy) is 1. The molecule has 1 rings (SSSR count). The van der Waals surface area contributed by atoms with Gasteiger partial charge in [-0.1, -0.05) is 31.9 Å². The van der Waals surface area contributed by atoms with Crippen LogP contribution in [-0.4, -0.2) is 30.9 Å². The van der Waals surface area contributed by atoms with Gasteiger partial charge in [0.25, 0.3) is 0 Å². The Morgan fingerprint density at radius 1 is 1.20 bits per heavy atom. The second-order valence-corrected chi connectivity index (χ2v) is 5.48. The lowest BCUT2D eigenvalue weighted by atomic mass is 10.0. The largest absolute Gasteiger partial charge is 0.497 e. The van der Waals surface area contributed by atoms with Crippen LogP contribution in [0.2, 0.25) is 0 Å². The van der Waals surface area contributed by atoms with E-state index >= 15 is 0 Å². The monoisotopic (exact) mass is 279 g/mol. The number of aliphatic hydroxyl groups excluding tert-OH is 1. The minimum Gasteiger partial charge on any atom is -0.497 e. The number of nitrogens with one attached hydrogen (secondary N) is 1. The molecule has 20 heavy (non-hydrogen) atoms. The molecule has 0 aliphatic carbocycles. The van der Waals surface area contributed by atoms with Crippen LogP contribution in [0, 0.1) is 0 Å². The molecular formula is C17H29NO2. The number of benzene rings is 1. The van der Waals surface area contributed by atoms with Crippen molar-refractivity contribution in [1.82, 2.24) is 5.32 Å². The Morgan fingerprint density at radius 2 is 1.90 bits per heavy atom. The molecule has 2 atom stereocenters. The van der Waals surface area contributed by atoms with Crippen molar-refractivity contribution in [2.45, 2.75) is 58.0 Å². The maximum absolute atomic E-state index is 9.37. The SMILES string of the molecule is CCCC[C@@H](CO)N[C@H](C)CCc1ccc(OC)cc1. The summed E-state index contributed by atoms with van der Waals surface area (Å²) in [5, 5.41) is 12.9. The molecule has 0 aliphatic heterocycles. The van der Waals surface area contributed by atoms with E-state index in [1.165, 1.54) is 18.4 Å². The van der Waals surface area contributed by atoms with Crippen LogP contribution in [0.5, 0.6) is 5.75 Å². The van der Waals surface area contributed by atoms with Crippen LogP contribution in [0.4, 0.5) is 0 Å². The van der Waals surface area contributed by atoms with Crippen LogP contribution in [-0.2, 0) is 6.42 Å². The average Bonchev–Trinajstić information content (AvgIpc) is 2.49. The van der Waals surface area contributed by atoms with E-state index in [0.29, 0.717) is 6.04 Å². The number of rotatable bonds is 10. The first-order valence-electron chi connectivity index (χ1n) is 7.69. The van der Waals surface area contributed by atoms with Gasteiger partial charge >= 0.3 is 0 Å². The zero-order valence-corrected chi connectivity index (χ0v) is 13.1. The van der Waals surface area contributed by atoms with Gasteiger partial charge in [0.1, 0.15) is 5.75 Å². The van der Waals surface area contributed by atoms with E-state index in [4.69, 9.17) is 4.74 Å². The predicted molar refractivity (Wildman–Crippen MR) is 84.3 cm³/mol. The number of hydrogen-bond donors (Lipinski definition) is 2. The molecule has 1 aromatic rings. The van der Waals surface area contributed by atoms with Gasteiger partial charge in [0.05, 0.1) is 13.7 Å². The molecule has 0 spiro atoms. The smallest absolute Gasteiger partial charge is 0.118 e. The van der Waals surface area contributed by atoms with E-state index in [1.54, 1.807) is 7.11 Å². The maximum Gasteiger partial charge on any atom is 0.118 e. The summed E-state index contributed by atoms with van der Waals surface area (Å²) < 4.78 is 5.16. The van der Waals surface area contributed by atoms with Gasteiger partial charge in [0.2, 0.25) is 0 Å². The van der Waals surface area contributed by atoms with Crippen molar-refractivity contribution < 1.29 is 9.84 Å². The number of hydrogen-bond acceptors (Lipinski definition) is 3. The highest BCUT2D eigenvalue weighted by Crippen LogP contribution is 2.13. The zero-order valence-electron chi connectivity index (χ0n) is 13.1. The fourth-order valence-electron chi connectivity index (χ4n) is 2.34. The third kappa shape index (κ3) is 6.40. The third-order valence-electron chi connectivity index (χ3n) is 3.67. The molecule has 3 nitrogen and oxygen atoms in total. The molecule has 0 unspecified atom stereocenters. The van der Waals surface area contributed by atoms with Gasteiger partial charge in [0.15, 0.2) is 0 Å². The van der Waals surface area contributed by atoms with Crippen LogP contribution in [0.1, 0.15) is 45.1 Å². The number of methoxy groups -OCH3 is 1. The van der Waals surface area contributed by atoms with Crippen molar-refractivity contribution in [2.75, 3.05) is 13.7 Å². The molecule has 0 aromatic heterocycles. The highest BCUT2D eigenvalue weighted by atomic mass is 16.5. The predicted octanol–water partition coefficient (Wildman–Crippen LogP) is 3.16. The standard InChI is InChI=1S/C17H29NO2/c1-4-5-6-16(13-19)18-14(2)7-8-15-9-11-17(20-3)12-10-15/h9-12,14,16,18-19H,4-8,13H2,1-3H3/t14-,16+/m1/s1. The van der Waals surface area contributed by atoms with Crippen molar-refractivity contribution in [2.24, 2.45) is 0 Å². The Hall–Kier alpha value is -1.06.